The Balaban J connectivity index is 2.20. The van der Waals surface area contributed by atoms with Crippen LogP contribution in [0.15, 0.2) is 6.07 Å². The van der Waals surface area contributed by atoms with Crippen molar-refractivity contribution >= 4 is 11.9 Å². The topological polar surface area (TPSA) is 52.6 Å². The van der Waals surface area contributed by atoms with Gasteiger partial charge >= 0.3 is 0 Å². The van der Waals surface area contributed by atoms with E-state index in [0.29, 0.717) is 6.54 Å². The van der Waals surface area contributed by atoms with Gasteiger partial charge < -0.3 is 9.80 Å². The van der Waals surface area contributed by atoms with E-state index in [9.17, 15) is 4.79 Å². The average Bonchev–Trinajstić information content (AvgIpc) is 2.37. The highest BCUT2D eigenvalue weighted by Gasteiger charge is 2.32. The Hall–Kier alpha value is -1.69. The maximum atomic E-state index is 12.2. The number of rotatable bonds is 2. The van der Waals surface area contributed by atoms with E-state index in [4.69, 9.17) is 0 Å². The van der Waals surface area contributed by atoms with E-state index in [-0.39, 0.29) is 11.9 Å². The zero-order chi connectivity index (χ0) is 14.9. The van der Waals surface area contributed by atoms with Crippen molar-refractivity contribution in [2.45, 2.75) is 19.9 Å². The van der Waals surface area contributed by atoms with Crippen LogP contribution in [-0.4, -0.2) is 72.5 Å². The van der Waals surface area contributed by atoms with Crippen molar-refractivity contribution in [1.82, 2.24) is 19.8 Å². The number of hydrogen-bond acceptors (Lipinski definition) is 5. The molecule has 2 rings (SSSR count). The van der Waals surface area contributed by atoms with Gasteiger partial charge in [0, 0.05) is 45.1 Å². The van der Waals surface area contributed by atoms with Crippen LogP contribution in [0.3, 0.4) is 0 Å². The lowest BCUT2D eigenvalue weighted by Crippen LogP contribution is -2.57. The molecule has 1 amide bonds. The van der Waals surface area contributed by atoms with E-state index in [1.165, 1.54) is 0 Å². The summed E-state index contributed by atoms with van der Waals surface area (Å²) in [7, 11) is 5.58. The number of carbonyl (C=O) groups is 1. The van der Waals surface area contributed by atoms with Crippen molar-refractivity contribution in [3.05, 3.63) is 17.5 Å². The number of aromatic nitrogens is 2. The molecule has 110 valence electrons. The summed E-state index contributed by atoms with van der Waals surface area (Å²) in [5.74, 6) is 0.855. The number of anilines is 1. The van der Waals surface area contributed by atoms with Gasteiger partial charge in [0.15, 0.2) is 0 Å². The minimum absolute atomic E-state index is 0.126. The fourth-order valence-corrected chi connectivity index (χ4v) is 2.47. The van der Waals surface area contributed by atoms with Crippen molar-refractivity contribution in [2.24, 2.45) is 0 Å². The van der Waals surface area contributed by atoms with Gasteiger partial charge in [-0.05, 0) is 27.0 Å². The Morgan fingerprint density at radius 2 is 1.85 bits per heavy atom. The number of nitrogens with zero attached hydrogens (tertiary/aromatic N) is 5. The van der Waals surface area contributed by atoms with Gasteiger partial charge in [0.25, 0.3) is 0 Å². The molecule has 0 spiro atoms. The third-order valence-electron chi connectivity index (χ3n) is 3.63. The van der Waals surface area contributed by atoms with Gasteiger partial charge in [0.2, 0.25) is 11.9 Å². The third kappa shape index (κ3) is 3.07. The zero-order valence-electron chi connectivity index (χ0n) is 12.9. The summed E-state index contributed by atoms with van der Waals surface area (Å²) in [6.45, 7) is 6.25. The largest absolute Gasteiger partial charge is 0.347 e. The second-order valence-corrected chi connectivity index (χ2v) is 5.63. The molecule has 0 N–H and O–H groups in total. The number of carbonyl (C=O) groups excluding carboxylic acids is 1. The first kappa shape index (κ1) is 14.7. The molecule has 1 aliphatic heterocycles. The van der Waals surface area contributed by atoms with Crippen LogP contribution in [-0.2, 0) is 4.79 Å². The van der Waals surface area contributed by atoms with Crippen LogP contribution in [0.25, 0.3) is 0 Å². The molecule has 1 aliphatic rings. The summed E-state index contributed by atoms with van der Waals surface area (Å²) in [6, 6.07) is 1.82. The summed E-state index contributed by atoms with van der Waals surface area (Å²) in [4.78, 5) is 27.1. The number of hydrogen-bond donors (Lipinski definition) is 0. The predicted molar refractivity (Wildman–Crippen MR) is 78.8 cm³/mol. The number of piperazine rings is 1. The van der Waals surface area contributed by atoms with Crippen LogP contribution in [0, 0.1) is 13.8 Å². The molecule has 1 aromatic heterocycles. The second-order valence-electron chi connectivity index (χ2n) is 5.63. The zero-order valence-corrected chi connectivity index (χ0v) is 12.9. The Bertz CT molecular complexity index is 482. The molecule has 1 atom stereocenters. The lowest BCUT2D eigenvalue weighted by Gasteiger charge is -2.39. The summed E-state index contributed by atoms with van der Waals surface area (Å²) < 4.78 is 0. The van der Waals surface area contributed by atoms with Crippen molar-refractivity contribution in [3.63, 3.8) is 0 Å². The van der Waals surface area contributed by atoms with E-state index < -0.39 is 0 Å². The van der Waals surface area contributed by atoms with E-state index in [1.807, 2.05) is 27.0 Å². The van der Waals surface area contributed by atoms with Gasteiger partial charge in [0.1, 0.15) is 6.04 Å². The Kier molecular flexibility index (Phi) is 4.23. The minimum Gasteiger partial charge on any atom is -0.347 e. The van der Waals surface area contributed by atoms with Crippen LogP contribution in [0.4, 0.5) is 5.95 Å². The average molecular weight is 277 g/mol. The number of aryl methyl sites for hydroxylation is 2. The minimum atomic E-state index is -0.136. The van der Waals surface area contributed by atoms with Gasteiger partial charge in [-0.2, -0.15) is 0 Å². The molecule has 1 aromatic rings. The SMILES string of the molecule is Cc1cc(C)nc(N2CCN(C)C(C(=O)N(C)C)C2)n1. The fraction of sp³-hybridized carbons (Fsp3) is 0.643. The second kappa shape index (κ2) is 5.75. The van der Waals surface area contributed by atoms with Gasteiger partial charge in [-0.15, -0.1) is 0 Å². The van der Waals surface area contributed by atoms with E-state index in [0.717, 1.165) is 30.4 Å². The van der Waals surface area contributed by atoms with E-state index in [1.54, 1.807) is 19.0 Å². The molecule has 0 saturated carbocycles. The normalized spacial score (nSPS) is 20.1. The van der Waals surface area contributed by atoms with Gasteiger partial charge in [-0.3, -0.25) is 9.69 Å². The molecule has 1 fully saturated rings. The van der Waals surface area contributed by atoms with Crippen LogP contribution in [0.2, 0.25) is 0 Å². The standard InChI is InChI=1S/C14H23N5O/c1-10-8-11(2)16-14(15-10)19-7-6-18(5)12(9-19)13(20)17(3)4/h8,12H,6-7,9H2,1-5H3. The van der Waals surface area contributed by atoms with E-state index >= 15 is 0 Å². The fourth-order valence-electron chi connectivity index (χ4n) is 2.47. The number of likely N-dealkylation sites (N-methyl/N-ethyl adjacent to an activating group) is 2. The highest BCUT2D eigenvalue weighted by molar-refractivity contribution is 5.82. The smallest absolute Gasteiger partial charge is 0.241 e. The summed E-state index contributed by atoms with van der Waals surface area (Å²) in [5, 5.41) is 0. The summed E-state index contributed by atoms with van der Waals surface area (Å²) in [6.07, 6.45) is 0. The molecule has 0 aromatic carbocycles. The maximum absolute atomic E-state index is 12.2. The first-order valence-corrected chi connectivity index (χ1v) is 6.87. The molecular weight excluding hydrogens is 254 g/mol. The molecule has 0 aliphatic carbocycles. The van der Waals surface area contributed by atoms with E-state index in [2.05, 4.69) is 19.8 Å². The highest BCUT2D eigenvalue weighted by atomic mass is 16.2. The number of amides is 1. The van der Waals surface area contributed by atoms with Crippen LogP contribution in [0.5, 0.6) is 0 Å². The molecule has 6 nitrogen and oxygen atoms in total. The lowest BCUT2D eigenvalue weighted by atomic mass is 10.1. The molecule has 0 bridgehead atoms. The first-order chi connectivity index (χ1) is 9.38. The van der Waals surface area contributed by atoms with Crippen LogP contribution >= 0.6 is 0 Å². The maximum Gasteiger partial charge on any atom is 0.241 e. The summed E-state index contributed by atoms with van der Waals surface area (Å²) in [5.41, 5.74) is 1.92. The predicted octanol–water partition coefficient (Wildman–Crippen LogP) is 0.302. The Morgan fingerprint density at radius 3 is 2.40 bits per heavy atom. The van der Waals surface area contributed by atoms with Gasteiger partial charge in [-0.1, -0.05) is 0 Å². The van der Waals surface area contributed by atoms with Gasteiger partial charge in [0.05, 0.1) is 0 Å². The molecular formula is C14H23N5O. The van der Waals surface area contributed by atoms with Crippen LogP contribution < -0.4 is 4.90 Å². The summed E-state index contributed by atoms with van der Waals surface area (Å²) >= 11 is 0. The van der Waals surface area contributed by atoms with Crippen molar-refractivity contribution in [1.29, 1.82) is 0 Å². The first-order valence-electron chi connectivity index (χ1n) is 6.87. The monoisotopic (exact) mass is 277 g/mol. The Morgan fingerprint density at radius 1 is 1.25 bits per heavy atom. The van der Waals surface area contributed by atoms with Crippen molar-refractivity contribution in [3.8, 4) is 0 Å². The highest BCUT2D eigenvalue weighted by Crippen LogP contribution is 2.16. The Labute approximate surface area is 120 Å². The molecule has 0 radical (unpaired) electrons. The quantitative estimate of drug-likeness (QED) is 0.778. The molecule has 6 heteroatoms. The molecule has 1 unspecified atom stereocenters. The van der Waals surface area contributed by atoms with Gasteiger partial charge in [-0.25, -0.2) is 9.97 Å². The molecule has 2 heterocycles. The van der Waals surface area contributed by atoms with Crippen LogP contribution in [0.1, 0.15) is 11.4 Å². The van der Waals surface area contributed by atoms with Crippen molar-refractivity contribution in [2.75, 3.05) is 45.7 Å². The molecule has 1 saturated heterocycles. The van der Waals surface area contributed by atoms with Crippen molar-refractivity contribution < 1.29 is 4.79 Å². The lowest BCUT2D eigenvalue weighted by molar-refractivity contribution is -0.134. The molecule has 20 heavy (non-hydrogen) atoms. The third-order valence-corrected chi connectivity index (χ3v) is 3.63.